The van der Waals surface area contributed by atoms with E-state index in [1.165, 1.54) is 12.8 Å². The Morgan fingerprint density at radius 3 is 2.00 bits per heavy atom. The molecule has 0 radical (unpaired) electrons. The van der Waals surface area contributed by atoms with Crippen LogP contribution >= 0.6 is 7.92 Å². The first kappa shape index (κ1) is 10.5. The fourth-order valence-electron chi connectivity index (χ4n) is 2.61. The van der Waals surface area contributed by atoms with Crippen LogP contribution in [0.1, 0.15) is 47.5 Å². The van der Waals surface area contributed by atoms with Crippen LogP contribution < -0.4 is 0 Å². The molecule has 1 fully saturated rings. The average Bonchev–Trinajstić information content (AvgIpc) is 2.30. The van der Waals surface area contributed by atoms with Gasteiger partial charge in [0.25, 0.3) is 0 Å². The SMILES string of the molecule is CC(C)C1CCC(C)P1C(C)C. The summed E-state index contributed by atoms with van der Waals surface area (Å²) < 4.78 is 0. The topological polar surface area (TPSA) is 0 Å². The molecule has 1 aliphatic rings. The van der Waals surface area contributed by atoms with Gasteiger partial charge in [0.15, 0.2) is 0 Å². The minimum atomic E-state index is 0.332. The normalized spacial score (nSPS) is 36.8. The molecule has 72 valence electrons. The third-order valence-electron chi connectivity index (χ3n) is 3.14. The molecule has 0 spiro atoms. The predicted octanol–water partition coefficient (Wildman–Crippen LogP) is 4.08. The van der Waals surface area contributed by atoms with Crippen molar-refractivity contribution in [2.45, 2.75) is 64.4 Å². The lowest BCUT2D eigenvalue weighted by atomic mass is 10.1. The van der Waals surface area contributed by atoms with Crippen LogP contribution in [0.15, 0.2) is 0 Å². The number of rotatable bonds is 2. The summed E-state index contributed by atoms with van der Waals surface area (Å²) in [5.74, 6) is 0.920. The van der Waals surface area contributed by atoms with E-state index in [4.69, 9.17) is 0 Å². The lowest BCUT2D eigenvalue weighted by Gasteiger charge is -2.30. The Hall–Kier alpha value is 0.430. The summed E-state index contributed by atoms with van der Waals surface area (Å²) in [5, 5.41) is 0. The van der Waals surface area contributed by atoms with Gasteiger partial charge in [0.05, 0.1) is 0 Å². The second kappa shape index (κ2) is 4.09. The highest BCUT2D eigenvalue weighted by Gasteiger charge is 2.35. The summed E-state index contributed by atoms with van der Waals surface area (Å²) in [7, 11) is 0.332. The van der Waals surface area contributed by atoms with E-state index >= 15 is 0 Å². The third kappa shape index (κ3) is 2.02. The predicted molar refractivity (Wildman–Crippen MR) is 59.4 cm³/mol. The van der Waals surface area contributed by atoms with Gasteiger partial charge in [0.1, 0.15) is 0 Å². The van der Waals surface area contributed by atoms with Crippen molar-refractivity contribution < 1.29 is 0 Å². The monoisotopic (exact) mass is 186 g/mol. The maximum Gasteiger partial charge on any atom is -0.0181 e. The summed E-state index contributed by atoms with van der Waals surface area (Å²) in [4.78, 5) is 0. The van der Waals surface area contributed by atoms with Crippen LogP contribution in [0.2, 0.25) is 0 Å². The Balaban J connectivity index is 2.64. The van der Waals surface area contributed by atoms with E-state index in [1.807, 2.05) is 0 Å². The molecule has 1 saturated heterocycles. The van der Waals surface area contributed by atoms with Crippen molar-refractivity contribution >= 4 is 7.92 Å². The first-order valence-corrected chi connectivity index (χ1v) is 6.86. The molecule has 0 N–H and O–H groups in total. The standard InChI is InChI=1S/C11H23P/c1-8(2)11-7-6-10(5)12(11)9(3)4/h8-11H,6-7H2,1-5H3. The molecule has 1 aliphatic heterocycles. The van der Waals surface area contributed by atoms with E-state index in [0.29, 0.717) is 7.92 Å². The second-order valence-corrected chi connectivity index (χ2v) is 8.25. The molecular formula is C11H23P. The van der Waals surface area contributed by atoms with Gasteiger partial charge in [-0.05, 0) is 35.7 Å². The van der Waals surface area contributed by atoms with Crippen molar-refractivity contribution in [2.75, 3.05) is 0 Å². The van der Waals surface area contributed by atoms with Gasteiger partial charge in [-0.2, -0.15) is 0 Å². The summed E-state index contributed by atoms with van der Waals surface area (Å²) in [6.07, 6.45) is 3.00. The van der Waals surface area contributed by atoms with Crippen LogP contribution in [0, 0.1) is 5.92 Å². The summed E-state index contributed by atoms with van der Waals surface area (Å²) >= 11 is 0. The highest BCUT2D eigenvalue weighted by molar-refractivity contribution is 7.60. The fourth-order valence-corrected chi connectivity index (χ4v) is 6.63. The molecule has 1 rings (SSSR count). The molecule has 0 nitrogen and oxygen atoms in total. The van der Waals surface area contributed by atoms with Gasteiger partial charge in [-0.1, -0.05) is 42.5 Å². The Kier molecular flexibility index (Phi) is 3.58. The molecule has 0 saturated carbocycles. The molecule has 0 aromatic heterocycles. The molecule has 1 heterocycles. The number of hydrogen-bond donors (Lipinski definition) is 0. The molecule has 0 aromatic rings. The summed E-state index contributed by atoms with van der Waals surface area (Å²) in [5.41, 5.74) is 3.05. The largest absolute Gasteiger partial charge is 0.0977 e. The fraction of sp³-hybridized carbons (Fsp3) is 1.00. The maximum atomic E-state index is 2.47. The van der Waals surface area contributed by atoms with Gasteiger partial charge in [-0.15, -0.1) is 0 Å². The van der Waals surface area contributed by atoms with E-state index in [-0.39, 0.29) is 0 Å². The average molecular weight is 186 g/mol. The first-order valence-electron chi connectivity index (χ1n) is 5.31. The van der Waals surface area contributed by atoms with Crippen LogP contribution in [-0.4, -0.2) is 17.0 Å². The summed E-state index contributed by atoms with van der Waals surface area (Å²) in [6.45, 7) is 12.1. The van der Waals surface area contributed by atoms with Crippen molar-refractivity contribution in [3.63, 3.8) is 0 Å². The van der Waals surface area contributed by atoms with Gasteiger partial charge < -0.3 is 0 Å². The van der Waals surface area contributed by atoms with Crippen molar-refractivity contribution in [1.82, 2.24) is 0 Å². The Bertz CT molecular complexity index is 140. The highest BCUT2D eigenvalue weighted by atomic mass is 31.1. The minimum absolute atomic E-state index is 0.332. The van der Waals surface area contributed by atoms with Crippen molar-refractivity contribution in [3.8, 4) is 0 Å². The molecular weight excluding hydrogens is 163 g/mol. The van der Waals surface area contributed by atoms with Crippen molar-refractivity contribution in [2.24, 2.45) is 5.92 Å². The molecule has 3 unspecified atom stereocenters. The highest BCUT2D eigenvalue weighted by Crippen LogP contribution is 2.60. The molecule has 0 aliphatic carbocycles. The van der Waals surface area contributed by atoms with Gasteiger partial charge in [0.2, 0.25) is 0 Å². The van der Waals surface area contributed by atoms with Gasteiger partial charge in [-0.25, -0.2) is 0 Å². The number of hydrogen-bond acceptors (Lipinski definition) is 0. The molecule has 0 aromatic carbocycles. The first-order chi connectivity index (χ1) is 5.54. The Morgan fingerprint density at radius 2 is 1.67 bits per heavy atom. The Morgan fingerprint density at radius 1 is 1.08 bits per heavy atom. The smallest absolute Gasteiger partial charge is 0.0181 e. The van der Waals surface area contributed by atoms with E-state index in [2.05, 4.69) is 34.6 Å². The van der Waals surface area contributed by atoms with E-state index in [0.717, 1.165) is 22.9 Å². The zero-order valence-electron chi connectivity index (χ0n) is 9.17. The molecule has 1 heteroatoms. The Labute approximate surface area is 78.9 Å². The third-order valence-corrected chi connectivity index (χ3v) is 7.23. The van der Waals surface area contributed by atoms with Crippen LogP contribution in [0.5, 0.6) is 0 Å². The molecule has 0 bridgehead atoms. The van der Waals surface area contributed by atoms with Crippen LogP contribution in [0.25, 0.3) is 0 Å². The minimum Gasteiger partial charge on any atom is -0.0977 e. The van der Waals surface area contributed by atoms with Crippen LogP contribution in [0.4, 0.5) is 0 Å². The van der Waals surface area contributed by atoms with Gasteiger partial charge in [0, 0.05) is 0 Å². The van der Waals surface area contributed by atoms with Crippen molar-refractivity contribution in [3.05, 3.63) is 0 Å². The van der Waals surface area contributed by atoms with Gasteiger partial charge in [-0.3, -0.25) is 0 Å². The van der Waals surface area contributed by atoms with Crippen LogP contribution in [0.3, 0.4) is 0 Å². The summed E-state index contributed by atoms with van der Waals surface area (Å²) in [6, 6.07) is 0. The van der Waals surface area contributed by atoms with E-state index in [9.17, 15) is 0 Å². The zero-order valence-corrected chi connectivity index (χ0v) is 10.1. The second-order valence-electron chi connectivity index (χ2n) is 4.78. The van der Waals surface area contributed by atoms with Crippen LogP contribution in [-0.2, 0) is 0 Å². The molecule has 12 heavy (non-hydrogen) atoms. The van der Waals surface area contributed by atoms with E-state index in [1.54, 1.807) is 0 Å². The lowest BCUT2D eigenvalue weighted by Crippen LogP contribution is -2.14. The maximum absolute atomic E-state index is 2.47. The quantitative estimate of drug-likeness (QED) is 0.570. The van der Waals surface area contributed by atoms with Crippen molar-refractivity contribution in [1.29, 1.82) is 0 Å². The van der Waals surface area contributed by atoms with Gasteiger partial charge >= 0.3 is 0 Å². The molecule has 3 atom stereocenters. The zero-order chi connectivity index (χ0) is 9.30. The van der Waals surface area contributed by atoms with E-state index < -0.39 is 0 Å². The molecule has 0 amide bonds. The lowest BCUT2D eigenvalue weighted by molar-refractivity contribution is 0.576.